The molecule has 0 saturated carbocycles. The number of hydrogen-bond acceptors (Lipinski definition) is 3. The van der Waals surface area contributed by atoms with Crippen LogP contribution in [0.15, 0.2) is 66.7 Å². The van der Waals surface area contributed by atoms with Crippen LogP contribution in [-0.2, 0) is 24.2 Å². The molecule has 0 unspecified atom stereocenters. The van der Waals surface area contributed by atoms with Crippen LogP contribution in [0.3, 0.4) is 0 Å². The Hall–Kier alpha value is -2.98. The molecule has 0 aliphatic carbocycles. The van der Waals surface area contributed by atoms with Crippen molar-refractivity contribution in [1.82, 2.24) is 0 Å². The Morgan fingerprint density at radius 3 is 2.36 bits per heavy atom. The van der Waals surface area contributed by atoms with E-state index in [9.17, 15) is 9.90 Å². The maximum atomic E-state index is 11.5. The summed E-state index contributed by atoms with van der Waals surface area (Å²) in [5.41, 5.74) is 3.36. The van der Waals surface area contributed by atoms with Crippen molar-refractivity contribution >= 4 is 23.2 Å². The minimum absolute atomic E-state index is 0.0520. The van der Waals surface area contributed by atoms with Gasteiger partial charge in [-0.25, -0.2) is 0 Å². The largest absolute Gasteiger partial charge is 0.504 e. The van der Waals surface area contributed by atoms with Crippen LogP contribution >= 0.6 is 11.6 Å². The molecular formula is C23H22ClNO3. The summed E-state index contributed by atoms with van der Waals surface area (Å²) < 4.78 is 5.81. The number of anilines is 1. The molecule has 144 valence electrons. The summed E-state index contributed by atoms with van der Waals surface area (Å²) in [6.07, 6.45) is 1.31. The van der Waals surface area contributed by atoms with E-state index in [1.165, 1.54) is 6.92 Å². The smallest absolute Gasteiger partial charge is 0.221 e. The second-order valence-electron chi connectivity index (χ2n) is 6.52. The van der Waals surface area contributed by atoms with Crippen molar-refractivity contribution in [3.05, 3.63) is 88.4 Å². The van der Waals surface area contributed by atoms with Gasteiger partial charge >= 0.3 is 0 Å². The number of halogens is 1. The Morgan fingerprint density at radius 1 is 0.964 bits per heavy atom. The van der Waals surface area contributed by atoms with E-state index in [1.54, 1.807) is 24.3 Å². The topological polar surface area (TPSA) is 58.6 Å². The molecule has 0 radical (unpaired) electrons. The van der Waals surface area contributed by atoms with Crippen LogP contribution in [-0.4, -0.2) is 11.0 Å². The lowest BCUT2D eigenvalue weighted by Crippen LogP contribution is -2.09. The minimum Gasteiger partial charge on any atom is -0.504 e. The number of benzene rings is 3. The second kappa shape index (κ2) is 9.29. The quantitative estimate of drug-likeness (QED) is 0.565. The number of aryl methyl sites for hydroxylation is 1. The Labute approximate surface area is 169 Å². The standard InChI is InChI=1S/C23H22ClNO3/c1-16(26)25-21-13-14-22(28-15-18-7-10-19(24)11-8-18)23(27)20(21)12-9-17-5-3-2-4-6-17/h2-8,10-11,13-14,27H,9,12,15H2,1H3,(H,25,26). The van der Waals surface area contributed by atoms with Crippen molar-refractivity contribution in [3.63, 3.8) is 0 Å². The average molecular weight is 396 g/mol. The minimum atomic E-state index is -0.185. The molecule has 5 heteroatoms. The summed E-state index contributed by atoms with van der Waals surface area (Å²) in [7, 11) is 0. The number of hydrogen-bond donors (Lipinski definition) is 2. The zero-order valence-corrected chi connectivity index (χ0v) is 16.4. The van der Waals surface area contributed by atoms with Crippen LogP contribution in [0.4, 0.5) is 5.69 Å². The monoisotopic (exact) mass is 395 g/mol. The molecule has 3 aromatic rings. The molecule has 28 heavy (non-hydrogen) atoms. The highest BCUT2D eigenvalue weighted by Gasteiger charge is 2.15. The molecule has 0 bridgehead atoms. The van der Waals surface area contributed by atoms with E-state index in [1.807, 2.05) is 42.5 Å². The van der Waals surface area contributed by atoms with Crippen LogP contribution < -0.4 is 10.1 Å². The molecule has 0 fully saturated rings. The van der Waals surface area contributed by atoms with Gasteiger partial charge in [0.25, 0.3) is 0 Å². The van der Waals surface area contributed by atoms with Crippen LogP contribution in [0, 0.1) is 0 Å². The number of rotatable bonds is 7. The highest BCUT2D eigenvalue weighted by molar-refractivity contribution is 6.30. The zero-order valence-electron chi connectivity index (χ0n) is 15.6. The third kappa shape index (κ3) is 5.27. The van der Waals surface area contributed by atoms with Gasteiger partial charge in [0.2, 0.25) is 5.91 Å². The third-order valence-electron chi connectivity index (χ3n) is 4.37. The lowest BCUT2D eigenvalue weighted by atomic mass is 10.0. The maximum absolute atomic E-state index is 11.5. The Kier molecular flexibility index (Phi) is 6.56. The average Bonchev–Trinajstić information content (AvgIpc) is 2.69. The van der Waals surface area contributed by atoms with E-state index in [0.717, 1.165) is 17.5 Å². The molecule has 0 spiro atoms. The highest BCUT2D eigenvalue weighted by Crippen LogP contribution is 2.36. The van der Waals surface area contributed by atoms with Gasteiger partial charge in [0.05, 0.1) is 0 Å². The molecule has 0 aromatic heterocycles. The van der Waals surface area contributed by atoms with Crippen LogP contribution in [0.1, 0.15) is 23.6 Å². The lowest BCUT2D eigenvalue weighted by molar-refractivity contribution is -0.114. The molecule has 4 nitrogen and oxygen atoms in total. The molecule has 0 heterocycles. The van der Waals surface area contributed by atoms with Crippen molar-refractivity contribution in [2.75, 3.05) is 5.32 Å². The predicted molar refractivity (Wildman–Crippen MR) is 112 cm³/mol. The van der Waals surface area contributed by atoms with Gasteiger partial charge in [0.1, 0.15) is 6.61 Å². The summed E-state index contributed by atoms with van der Waals surface area (Å²) >= 11 is 5.90. The summed E-state index contributed by atoms with van der Waals surface area (Å²) in [4.78, 5) is 11.5. The van der Waals surface area contributed by atoms with Gasteiger partial charge in [-0.3, -0.25) is 4.79 Å². The first-order chi connectivity index (χ1) is 13.5. The molecule has 0 atom stereocenters. The summed E-state index contributed by atoms with van der Waals surface area (Å²) in [5, 5.41) is 14.2. The van der Waals surface area contributed by atoms with E-state index in [0.29, 0.717) is 35.1 Å². The highest BCUT2D eigenvalue weighted by atomic mass is 35.5. The first kappa shape index (κ1) is 19.8. The Morgan fingerprint density at radius 2 is 1.68 bits per heavy atom. The fourth-order valence-corrected chi connectivity index (χ4v) is 3.07. The number of amides is 1. The molecule has 3 aromatic carbocycles. The zero-order chi connectivity index (χ0) is 19.9. The predicted octanol–water partition coefficient (Wildman–Crippen LogP) is 5.37. The van der Waals surface area contributed by atoms with Crippen LogP contribution in [0.25, 0.3) is 0 Å². The van der Waals surface area contributed by atoms with Crippen LogP contribution in [0.5, 0.6) is 11.5 Å². The van der Waals surface area contributed by atoms with Crippen molar-refractivity contribution in [2.45, 2.75) is 26.4 Å². The third-order valence-corrected chi connectivity index (χ3v) is 4.62. The van der Waals surface area contributed by atoms with E-state index in [-0.39, 0.29) is 11.7 Å². The summed E-state index contributed by atoms with van der Waals surface area (Å²) in [6, 6.07) is 20.8. The van der Waals surface area contributed by atoms with Gasteiger partial charge in [-0.05, 0) is 48.2 Å². The normalized spacial score (nSPS) is 10.5. The Balaban J connectivity index is 1.80. The number of phenols is 1. The van der Waals surface area contributed by atoms with Crippen LogP contribution in [0.2, 0.25) is 5.02 Å². The van der Waals surface area contributed by atoms with Crippen molar-refractivity contribution < 1.29 is 14.6 Å². The fourth-order valence-electron chi connectivity index (χ4n) is 2.95. The van der Waals surface area contributed by atoms with E-state index < -0.39 is 0 Å². The lowest BCUT2D eigenvalue weighted by Gasteiger charge is -2.16. The van der Waals surface area contributed by atoms with Gasteiger partial charge in [-0.1, -0.05) is 54.1 Å². The first-order valence-corrected chi connectivity index (χ1v) is 9.44. The van der Waals surface area contributed by atoms with Gasteiger partial charge in [-0.2, -0.15) is 0 Å². The SMILES string of the molecule is CC(=O)Nc1ccc(OCc2ccc(Cl)cc2)c(O)c1CCc1ccccc1. The van der Waals surface area contributed by atoms with E-state index in [4.69, 9.17) is 16.3 Å². The molecule has 3 rings (SSSR count). The molecule has 0 aliphatic heterocycles. The fraction of sp³-hybridized carbons (Fsp3) is 0.174. The van der Waals surface area contributed by atoms with Gasteiger partial charge in [0.15, 0.2) is 11.5 Å². The number of carbonyl (C=O) groups excluding carboxylic acids is 1. The first-order valence-electron chi connectivity index (χ1n) is 9.06. The van der Waals surface area contributed by atoms with Crippen molar-refractivity contribution in [2.24, 2.45) is 0 Å². The number of nitrogens with one attached hydrogen (secondary N) is 1. The van der Waals surface area contributed by atoms with Gasteiger partial charge < -0.3 is 15.2 Å². The molecule has 0 aliphatic rings. The van der Waals surface area contributed by atoms with Gasteiger partial charge in [0, 0.05) is 23.2 Å². The van der Waals surface area contributed by atoms with Crippen molar-refractivity contribution in [1.29, 1.82) is 0 Å². The molecule has 1 amide bonds. The van der Waals surface area contributed by atoms with Crippen molar-refractivity contribution in [3.8, 4) is 11.5 Å². The molecular weight excluding hydrogens is 374 g/mol. The second-order valence-corrected chi connectivity index (χ2v) is 6.96. The molecule has 2 N–H and O–H groups in total. The Bertz CT molecular complexity index is 940. The summed E-state index contributed by atoms with van der Waals surface area (Å²) in [6.45, 7) is 1.76. The maximum Gasteiger partial charge on any atom is 0.221 e. The van der Waals surface area contributed by atoms with E-state index in [2.05, 4.69) is 5.32 Å². The summed E-state index contributed by atoms with van der Waals surface area (Å²) in [5.74, 6) is 0.249. The molecule has 0 saturated heterocycles. The number of carbonyl (C=O) groups is 1. The number of aromatic hydroxyl groups is 1. The number of phenolic OH excluding ortho intramolecular Hbond substituents is 1. The number of ether oxygens (including phenoxy) is 1. The van der Waals surface area contributed by atoms with E-state index >= 15 is 0 Å². The van der Waals surface area contributed by atoms with Gasteiger partial charge in [-0.15, -0.1) is 0 Å².